The lowest BCUT2D eigenvalue weighted by molar-refractivity contribution is -0.145. The first-order valence-corrected chi connectivity index (χ1v) is 10.5. The summed E-state index contributed by atoms with van der Waals surface area (Å²) in [5.41, 5.74) is 0.670. The predicted molar refractivity (Wildman–Crippen MR) is 118 cm³/mol. The maximum atomic E-state index is 14.1. The molecule has 9 heteroatoms. The number of esters is 1. The van der Waals surface area contributed by atoms with E-state index in [4.69, 9.17) is 21.7 Å². The number of carbonyl (C=O) groups is 2. The Labute approximate surface area is 185 Å². The number of anilines is 1. The lowest BCUT2D eigenvalue weighted by Crippen LogP contribution is -2.28. The van der Waals surface area contributed by atoms with E-state index < -0.39 is 17.7 Å². The number of thioether (sulfide) groups is 1. The normalized spacial score (nSPS) is 15.1. The fraction of sp³-hybridized carbons (Fsp3) is 0.150. The summed E-state index contributed by atoms with van der Waals surface area (Å²) in [6, 6.07) is 11.1. The van der Waals surface area contributed by atoms with E-state index in [1.165, 1.54) is 12.1 Å². The van der Waals surface area contributed by atoms with Gasteiger partial charge in [-0.25, -0.2) is 9.18 Å². The number of amides is 1. The average molecular weight is 496 g/mol. The molecule has 2 aromatic rings. The van der Waals surface area contributed by atoms with Crippen molar-refractivity contribution in [3.8, 4) is 5.75 Å². The molecule has 150 valence electrons. The third-order valence-electron chi connectivity index (χ3n) is 3.80. The third kappa shape index (κ3) is 5.04. The Kier molecular flexibility index (Phi) is 7.05. The molecular formula is C20H15BrFNO4S2. The van der Waals surface area contributed by atoms with Crippen molar-refractivity contribution in [3.05, 3.63) is 63.2 Å². The molecule has 5 nitrogen and oxygen atoms in total. The molecule has 0 N–H and O–H groups in total. The van der Waals surface area contributed by atoms with Gasteiger partial charge in [-0.15, -0.1) is 0 Å². The molecule has 1 heterocycles. The number of halogens is 2. The molecule has 1 amide bonds. The molecule has 0 unspecified atom stereocenters. The molecular weight excluding hydrogens is 481 g/mol. The first-order chi connectivity index (χ1) is 13.9. The second-order valence-electron chi connectivity index (χ2n) is 5.74. The maximum absolute atomic E-state index is 14.1. The summed E-state index contributed by atoms with van der Waals surface area (Å²) in [7, 11) is 0. The Morgan fingerprint density at radius 1 is 1.31 bits per heavy atom. The minimum atomic E-state index is -0.536. The van der Waals surface area contributed by atoms with Gasteiger partial charge in [-0.3, -0.25) is 9.69 Å². The van der Waals surface area contributed by atoms with Crippen molar-refractivity contribution >= 4 is 67.9 Å². The molecule has 3 rings (SSSR count). The van der Waals surface area contributed by atoms with Gasteiger partial charge in [0.25, 0.3) is 5.91 Å². The summed E-state index contributed by atoms with van der Waals surface area (Å²) in [4.78, 5) is 25.9. The summed E-state index contributed by atoms with van der Waals surface area (Å²) >= 11 is 9.73. The number of thiocarbonyl (C=S) groups is 1. The predicted octanol–water partition coefficient (Wildman–Crippen LogP) is 4.94. The van der Waals surface area contributed by atoms with Gasteiger partial charge in [-0.05, 0) is 43.3 Å². The van der Waals surface area contributed by atoms with Crippen molar-refractivity contribution in [2.45, 2.75) is 6.92 Å². The first-order valence-electron chi connectivity index (χ1n) is 8.51. The van der Waals surface area contributed by atoms with Crippen LogP contribution in [0.1, 0.15) is 12.5 Å². The van der Waals surface area contributed by atoms with Crippen LogP contribution in [0.25, 0.3) is 6.08 Å². The van der Waals surface area contributed by atoms with E-state index in [1.54, 1.807) is 43.3 Å². The monoisotopic (exact) mass is 495 g/mol. The number of carbonyl (C=O) groups excluding carboxylic acids is 2. The van der Waals surface area contributed by atoms with E-state index in [0.29, 0.717) is 16.2 Å². The second-order valence-corrected chi connectivity index (χ2v) is 8.34. The second kappa shape index (κ2) is 9.51. The fourth-order valence-corrected chi connectivity index (χ4v) is 4.21. The SMILES string of the molecule is CCOC(=O)COc1ccc(Br)cc1/C=C1\SC(=S)N(c2ccccc2F)C1=O. The molecule has 0 spiro atoms. The Balaban J connectivity index is 1.89. The molecule has 0 bridgehead atoms. The molecule has 0 radical (unpaired) electrons. The van der Waals surface area contributed by atoms with Gasteiger partial charge in [0.05, 0.1) is 17.2 Å². The summed E-state index contributed by atoms with van der Waals surface area (Å²) in [6.45, 7) is 1.71. The molecule has 1 aliphatic heterocycles. The Hall–Kier alpha value is -2.23. The highest BCUT2D eigenvalue weighted by atomic mass is 79.9. The number of hydrogen-bond acceptors (Lipinski definition) is 6. The highest BCUT2D eigenvalue weighted by Crippen LogP contribution is 2.38. The highest BCUT2D eigenvalue weighted by molar-refractivity contribution is 9.10. The van der Waals surface area contributed by atoms with E-state index in [-0.39, 0.29) is 23.2 Å². The van der Waals surface area contributed by atoms with E-state index in [1.807, 2.05) is 0 Å². The minimum absolute atomic E-state index is 0.103. The zero-order chi connectivity index (χ0) is 21.0. The van der Waals surface area contributed by atoms with Gasteiger partial charge in [0, 0.05) is 10.0 Å². The van der Waals surface area contributed by atoms with Crippen LogP contribution in [0.5, 0.6) is 5.75 Å². The molecule has 0 aliphatic carbocycles. The van der Waals surface area contributed by atoms with Gasteiger partial charge in [-0.2, -0.15) is 0 Å². The lowest BCUT2D eigenvalue weighted by Gasteiger charge is -2.15. The Morgan fingerprint density at radius 2 is 2.07 bits per heavy atom. The Bertz CT molecular complexity index is 1010. The zero-order valence-electron chi connectivity index (χ0n) is 15.2. The molecule has 0 aromatic heterocycles. The van der Waals surface area contributed by atoms with Crippen molar-refractivity contribution in [1.82, 2.24) is 0 Å². The lowest BCUT2D eigenvalue weighted by atomic mass is 10.2. The smallest absolute Gasteiger partial charge is 0.344 e. The van der Waals surface area contributed by atoms with Crippen LogP contribution in [0.3, 0.4) is 0 Å². The van der Waals surface area contributed by atoms with E-state index in [2.05, 4.69) is 15.9 Å². The van der Waals surface area contributed by atoms with Gasteiger partial charge in [0.15, 0.2) is 10.9 Å². The van der Waals surface area contributed by atoms with E-state index in [9.17, 15) is 14.0 Å². The van der Waals surface area contributed by atoms with Crippen molar-refractivity contribution in [3.63, 3.8) is 0 Å². The molecule has 0 saturated carbocycles. The molecule has 29 heavy (non-hydrogen) atoms. The van der Waals surface area contributed by atoms with Crippen molar-refractivity contribution in [1.29, 1.82) is 0 Å². The van der Waals surface area contributed by atoms with Gasteiger partial charge < -0.3 is 9.47 Å². The van der Waals surface area contributed by atoms with Crippen LogP contribution in [0, 0.1) is 5.82 Å². The summed E-state index contributed by atoms with van der Waals surface area (Å²) in [6.07, 6.45) is 1.60. The highest BCUT2D eigenvalue weighted by Gasteiger charge is 2.34. The van der Waals surface area contributed by atoms with Crippen LogP contribution in [-0.2, 0) is 14.3 Å². The number of hydrogen-bond donors (Lipinski definition) is 0. The van der Waals surface area contributed by atoms with Gasteiger partial charge in [0.2, 0.25) is 0 Å². The number of ether oxygens (including phenoxy) is 2. The van der Waals surface area contributed by atoms with Crippen molar-refractivity contribution in [2.75, 3.05) is 18.1 Å². The van der Waals surface area contributed by atoms with Crippen LogP contribution in [0.2, 0.25) is 0 Å². The summed E-state index contributed by atoms with van der Waals surface area (Å²) < 4.78 is 25.5. The van der Waals surface area contributed by atoms with Gasteiger partial charge >= 0.3 is 5.97 Å². The standard InChI is InChI=1S/C20H15BrFNO4S2/c1-2-26-18(24)11-27-16-8-7-13(21)9-12(16)10-17-19(25)23(20(28)29-17)15-6-4-3-5-14(15)22/h3-10H,2,11H2,1H3/b17-10-. The molecule has 0 atom stereocenters. The Morgan fingerprint density at radius 3 is 2.79 bits per heavy atom. The van der Waals surface area contributed by atoms with Crippen LogP contribution in [-0.4, -0.2) is 29.4 Å². The largest absolute Gasteiger partial charge is 0.481 e. The van der Waals surface area contributed by atoms with Crippen molar-refractivity contribution < 1.29 is 23.5 Å². The summed E-state index contributed by atoms with van der Waals surface area (Å²) in [5.74, 6) is -1.06. The van der Waals surface area contributed by atoms with Crippen molar-refractivity contribution in [2.24, 2.45) is 0 Å². The average Bonchev–Trinajstić information content (AvgIpc) is 2.95. The molecule has 2 aromatic carbocycles. The van der Waals surface area contributed by atoms with Crippen LogP contribution < -0.4 is 9.64 Å². The third-order valence-corrected chi connectivity index (χ3v) is 5.59. The molecule has 1 saturated heterocycles. The fourth-order valence-electron chi connectivity index (χ4n) is 2.55. The number of benzene rings is 2. The first kappa shape index (κ1) is 21.5. The van der Waals surface area contributed by atoms with Crippen LogP contribution >= 0.6 is 39.9 Å². The summed E-state index contributed by atoms with van der Waals surface area (Å²) in [5, 5.41) is 0. The quantitative estimate of drug-likeness (QED) is 0.321. The van der Waals surface area contributed by atoms with Crippen LogP contribution in [0.4, 0.5) is 10.1 Å². The number of nitrogens with zero attached hydrogens (tertiary/aromatic N) is 1. The van der Waals surface area contributed by atoms with Gasteiger partial charge in [-0.1, -0.05) is 52.0 Å². The number of rotatable bonds is 6. The maximum Gasteiger partial charge on any atom is 0.344 e. The molecule has 1 fully saturated rings. The minimum Gasteiger partial charge on any atom is -0.481 e. The van der Waals surface area contributed by atoms with Gasteiger partial charge in [0.1, 0.15) is 11.6 Å². The van der Waals surface area contributed by atoms with E-state index in [0.717, 1.165) is 21.1 Å². The van der Waals surface area contributed by atoms with Crippen LogP contribution in [0.15, 0.2) is 51.8 Å². The topological polar surface area (TPSA) is 55.8 Å². The zero-order valence-corrected chi connectivity index (χ0v) is 18.4. The van der Waals surface area contributed by atoms with E-state index >= 15 is 0 Å². The number of para-hydroxylation sites is 1. The molecule has 1 aliphatic rings.